The molecule has 8 aromatic rings. The molecule has 0 atom stereocenters. The molecule has 2 aromatic heterocycles. The Morgan fingerprint density at radius 2 is 1.25 bits per heavy atom. The van der Waals surface area contributed by atoms with Crippen molar-refractivity contribution in [3.8, 4) is 28.4 Å². The first kappa shape index (κ1) is 38.2. The second-order valence-electron chi connectivity index (χ2n) is 16.8. The summed E-state index contributed by atoms with van der Waals surface area (Å²) in [5.74, 6) is 2.05. The number of nitrogens with zero attached hydrogens (tertiary/aromatic N) is 4. The summed E-state index contributed by atoms with van der Waals surface area (Å²) in [6.45, 7) is 17.7. The fourth-order valence-corrected chi connectivity index (χ4v) is 7.67. The quantitative estimate of drug-likeness (QED) is 0.156. The molecule has 0 spiro atoms. The van der Waals surface area contributed by atoms with Gasteiger partial charge in [-0.15, -0.1) is 48.1 Å². The number of fused-ring (bicyclic) bond motifs is 4. The molecule has 57 heavy (non-hydrogen) atoms. The van der Waals surface area contributed by atoms with E-state index in [1.165, 1.54) is 11.1 Å². The summed E-state index contributed by atoms with van der Waals surface area (Å²) >= 11 is 0. The summed E-state index contributed by atoms with van der Waals surface area (Å²) in [5, 5.41) is 2.23. The molecular weight excluding hydrogens is 880 g/mol. The fourth-order valence-electron chi connectivity index (χ4n) is 7.67. The number of anilines is 4. The van der Waals surface area contributed by atoms with Gasteiger partial charge in [0.25, 0.3) is 0 Å². The zero-order valence-corrected chi connectivity index (χ0v) is 35.6. The van der Waals surface area contributed by atoms with Crippen LogP contribution in [0.15, 0.2) is 140 Å². The molecule has 0 radical (unpaired) electrons. The summed E-state index contributed by atoms with van der Waals surface area (Å²) in [6, 6.07) is 54.1. The van der Waals surface area contributed by atoms with Gasteiger partial charge in [0.1, 0.15) is 5.82 Å². The van der Waals surface area contributed by atoms with Crippen LogP contribution < -0.4 is 14.5 Å². The van der Waals surface area contributed by atoms with Crippen molar-refractivity contribution in [2.24, 2.45) is 0 Å². The zero-order chi connectivity index (χ0) is 38.8. The van der Waals surface area contributed by atoms with Crippen molar-refractivity contribution < 1.29 is 25.8 Å². The van der Waals surface area contributed by atoms with E-state index in [0.717, 1.165) is 67.1 Å². The number of para-hydroxylation sites is 3. The van der Waals surface area contributed by atoms with Gasteiger partial charge in [0.15, 0.2) is 0 Å². The number of aryl methyl sites for hydroxylation is 1. The molecule has 0 amide bonds. The average molecular weight is 925 g/mol. The molecule has 0 N–H and O–H groups in total. The van der Waals surface area contributed by atoms with Gasteiger partial charge in [-0.2, -0.15) is 12.1 Å². The van der Waals surface area contributed by atoms with E-state index in [1.807, 2.05) is 24.4 Å². The first-order valence-electron chi connectivity index (χ1n) is 19.3. The molecule has 288 valence electrons. The molecule has 3 heterocycles. The summed E-state index contributed by atoms with van der Waals surface area (Å²) < 4.78 is 8.74. The van der Waals surface area contributed by atoms with Crippen molar-refractivity contribution in [2.45, 2.75) is 59.3 Å². The maximum atomic E-state index is 6.55. The van der Waals surface area contributed by atoms with Gasteiger partial charge in [0, 0.05) is 66.9 Å². The number of hydrogen-bond donors (Lipinski definition) is 0. The Labute approximate surface area is 350 Å². The van der Waals surface area contributed by atoms with Gasteiger partial charge in [0.2, 0.25) is 0 Å². The number of pyridine rings is 1. The van der Waals surface area contributed by atoms with Crippen LogP contribution in [-0.2, 0) is 31.9 Å². The molecule has 0 saturated carbocycles. The Morgan fingerprint density at radius 3 is 1.93 bits per heavy atom. The van der Waals surface area contributed by atoms with Crippen LogP contribution >= 0.6 is 0 Å². The van der Waals surface area contributed by atoms with Crippen LogP contribution in [-0.4, -0.2) is 9.55 Å². The number of rotatable bonds is 6. The number of hydrogen-bond acceptors (Lipinski definition) is 4. The van der Waals surface area contributed by atoms with Crippen LogP contribution in [0.1, 0.15) is 58.2 Å². The Kier molecular flexibility index (Phi) is 9.86. The minimum Gasteiger partial charge on any atom is -0.509 e. The van der Waals surface area contributed by atoms with Crippen molar-refractivity contribution in [1.29, 1.82) is 0 Å². The normalized spacial score (nSPS) is 12.9. The first-order chi connectivity index (χ1) is 26.9. The molecular formula is C51H45N4OPt-3. The van der Waals surface area contributed by atoms with Gasteiger partial charge in [-0.3, -0.25) is 0 Å². The van der Waals surface area contributed by atoms with E-state index in [-0.39, 0.29) is 31.9 Å². The summed E-state index contributed by atoms with van der Waals surface area (Å²) in [4.78, 5) is 9.44. The van der Waals surface area contributed by atoms with Crippen LogP contribution in [0.3, 0.4) is 0 Å². The molecule has 0 bridgehead atoms. The van der Waals surface area contributed by atoms with E-state index in [1.54, 1.807) is 0 Å². The van der Waals surface area contributed by atoms with Crippen LogP contribution in [0.4, 0.5) is 22.7 Å². The monoisotopic (exact) mass is 924 g/mol. The molecule has 0 fully saturated rings. The van der Waals surface area contributed by atoms with Gasteiger partial charge in [0.05, 0.1) is 0 Å². The van der Waals surface area contributed by atoms with E-state index < -0.39 is 0 Å². The van der Waals surface area contributed by atoms with Crippen LogP contribution in [0.25, 0.3) is 38.8 Å². The van der Waals surface area contributed by atoms with Crippen molar-refractivity contribution in [1.82, 2.24) is 9.55 Å². The van der Waals surface area contributed by atoms with E-state index in [0.29, 0.717) is 11.5 Å². The standard InChI is InChI=1S/C51H45N4O.Pt/c1-34-29-49(52-32-44(34)35-19-21-36(22-20-35)50(2,3)4)55-45-16-9-8-15-42(45)43-28-27-41(31-48(43)55)56-40-14-12-13-39(30-40)54-33-53(46-17-10-11-18-47(46)54)38-25-23-37(24-26-38)51(5,6)7;/h8-29,32-33H,1-7H3;/q-3;. The topological polar surface area (TPSA) is 33.5 Å². The van der Waals surface area contributed by atoms with Crippen molar-refractivity contribution in [3.05, 3.63) is 175 Å². The Morgan fingerprint density at radius 1 is 0.614 bits per heavy atom. The first-order valence-corrected chi connectivity index (χ1v) is 19.3. The predicted molar refractivity (Wildman–Crippen MR) is 232 cm³/mol. The average Bonchev–Trinajstić information content (AvgIpc) is 3.74. The third-order valence-electron chi connectivity index (χ3n) is 10.8. The van der Waals surface area contributed by atoms with Crippen molar-refractivity contribution in [3.63, 3.8) is 0 Å². The summed E-state index contributed by atoms with van der Waals surface area (Å²) in [6.07, 6.45) is 1.99. The van der Waals surface area contributed by atoms with Crippen LogP contribution in [0.5, 0.6) is 11.5 Å². The summed E-state index contributed by atoms with van der Waals surface area (Å²) in [7, 11) is 0. The predicted octanol–water partition coefficient (Wildman–Crippen LogP) is 13.5. The van der Waals surface area contributed by atoms with Crippen LogP contribution in [0.2, 0.25) is 0 Å². The second kappa shape index (κ2) is 14.7. The SMILES string of the molecule is Cc1cc(-n2c3[c-]c(Oc4[c-]c(N5[CH-]N(c6ccc(C(C)(C)C)cc6)c6ccccc65)ccc4)ccc3c3ccccc32)ncc1-c1ccc(C(C)(C)C)cc1.[Pt]. The maximum Gasteiger partial charge on any atom is 0.135 e. The van der Waals surface area contributed by atoms with E-state index in [2.05, 4.69) is 197 Å². The number of ether oxygens (including phenoxy) is 1. The fraction of sp³-hybridized carbons (Fsp3) is 0.176. The molecule has 5 nitrogen and oxygen atoms in total. The molecule has 0 aliphatic carbocycles. The van der Waals surface area contributed by atoms with Crippen molar-refractivity contribution in [2.75, 3.05) is 9.80 Å². The maximum absolute atomic E-state index is 6.55. The Bertz CT molecular complexity index is 2740. The molecule has 6 heteroatoms. The largest absolute Gasteiger partial charge is 0.509 e. The van der Waals surface area contributed by atoms with Crippen molar-refractivity contribution >= 4 is 44.6 Å². The smallest absolute Gasteiger partial charge is 0.135 e. The Hall–Kier alpha value is -5.64. The van der Waals surface area contributed by atoms with Gasteiger partial charge >= 0.3 is 0 Å². The molecule has 9 rings (SSSR count). The van der Waals surface area contributed by atoms with Gasteiger partial charge in [-0.1, -0.05) is 114 Å². The molecule has 1 aliphatic heterocycles. The molecule has 1 aliphatic rings. The van der Waals surface area contributed by atoms with E-state index >= 15 is 0 Å². The molecule has 6 aromatic carbocycles. The third-order valence-corrected chi connectivity index (χ3v) is 10.8. The second-order valence-corrected chi connectivity index (χ2v) is 16.8. The minimum absolute atomic E-state index is 0. The third kappa shape index (κ3) is 7.15. The number of benzene rings is 6. The minimum atomic E-state index is 0. The van der Waals surface area contributed by atoms with Crippen LogP contribution in [0, 0.1) is 25.7 Å². The van der Waals surface area contributed by atoms with E-state index in [4.69, 9.17) is 9.72 Å². The zero-order valence-electron chi connectivity index (χ0n) is 33.4. The van der Waals surface area contributed by atoms with Gasteiger partial charge < -0.3 is 19.1 Å². The van der Waals surface area contributed by atoms with Gasteiger partial charge in [-0.05, 0) is 81.8 Å². The van der Waals surface area contributed by atoms with E-state index in [9.17, 15) is 0 Å². The van der Waals surface area contributed by atoms with Gasteiger partial charge in [-0.25, -0.2) is 4.98 Å². The Balaban J connectivity index is 0.00000455. The molecule has 0 saturated heterocycles. The number of aromatic nitrogens is 2. The molecule has 0 unspecified atom stereocenters. The summed E-state index contributed by atoms with van der Waals surface area (Å²) in [5.41, 5.74) is 12.4.